The molecule has 5 heteroatoms. The van der Waals surface area contributed by atoms with E-state index in [0.717, 1.165) is 33.8 Å². The number of benzene rings is 2. The number of aryl methyl sites for hydroxylation is 1. The Morgan fingerprint density at radius 3 is 2.30 bits per heavy atom. The summed E-state index contributed by atoms with van der Waals surface area (Å²) in [6, 6.07) is 24.9. The molecule has 2 aromatic carbocycles. The molecule has 0 saturated heterocycles. The molecule has 33 heavy (non-hydrogen) atoms. The highest BCUT2D eigenvalue weighted by Gasteiger charge is 2.22. The molecule has 0 aliphatic heterocycles. The lowest BCUT2D eigenvalue weighted by Crippen LogP contribution is -2.10. The first kappa shape index (κ1) is 20.9. The van der Waals surface area contributed by atoms with E-state index in [4.69, 9.17) is 9.97 Å². The molecule has 1 N–H and O–H groups in total. The second kappa shape index (κ2) is 8.87. The van der Waals surface area contributed by atoms with Crippen molar-refractivity contribution in [2.75, 3.05) is 5.32 Å². The number of pyridine rings is 1. The third kappa shape index (κ3) is 3.98. The van der Waals surface area contributed by atoms with E-state index in [1.165, 1.54) is 16.8 Å². The Kier molecular flexibility index (Phi) is 5.61. The molecule has 0 saturated carbocycles. The topological polar surface area (TPSA) is 55.6 Å². The summed E-state index contributed by atoms with van der Waals surface area (Å²) in [5.74, 6) is 1.57. The normalized spacial score (nSPS) is 12.1. The number of nitrogens with zero attached hydrogens (tertiary/aromatic N) is 4. The van der Waals surface area contributed by atoms with Gasteiger partial charge in [0.2, 0.25) is 0 Å². The molecule has 5 nitrogen and oxygen atoms in total. The van der Waals surface area contributed by atoms with Gasteiger partial charge in [0.05, 0.1) is 11.4 Å². The molecule has 1 atom stereocenters. The predicted octanol–water partition coefficient (Wildman–Crippen LogP) is 6.33. The Hall–Kier alpha value is -3.99. The number of fused-ring (bicyclic) bond motifs is 1. The molecule has 0 amide bonds. The van der Waals surface area contributed by atoms with Crippen LogP contribution in [0.15, 0.2) is 85.2 Å². The van der Waals surface area contributed by atoms with Gasteiger partial charge in [0.25, 0.3) is 0 Å². The minimum atomic E-state index is 0.145. The zero-order chi connectivity index (χ0) is 22.8. The second-order valence-corrected chi connectivity index (χ2v) is 8.34. The maximum absolute atomic E-state index is 5.09. The zero-order valence-electron chi connectivity index (χ0n) is 19.2. The molecule has 0 bridgehead atoms. The van der Waals surface area contributed by atoms with Crippen molar-refractivity contribution < 1.29 is 0 Å². The van der Waals surface area contributed by atoms with E-state index in [1.54, 1.807) is 6.20 Å². The van der Waals surface area contributed by atoms with Crippen LogP contribution in [0.2, 0.25) is 0 Å². The summed E-state index contributed by atoms with van der Waals surface area (Å²) in [6.07, 6.45) is 3.67. The van der Waals surface area contributed by atoms with Crippen LogP contribution in [0.4, 0.5) is 5.82 Å². The molecular formula is C28H27N5. The lowest BCUT2D eigenvalue weighted by Gasteiger charge is -2.18. The number of rotatable bonds is 6. The molecule has 0 radical (unpaired) electrons. The van der Waals surface area contributed by atoms with Gasteiger partial charge in [-0.05, 0) is 43.5 Å². The van der Waals surface area contributed by atoms with Crippen LogP contribution >= 0.6 is 0 Å². The van der Waals surface area contributed by atoms with Gasteiger partial charge < -0.3 is 9.88 Å². The quantitative estimate of drug-likeness (QED) is 0.340. The van der Waals surface area contributed by atoms with Gasteiger partial charge >= 0.3 is 0 Å². The van der Waals surface area contributed by atoms with Gasteiger partial charge in [0, 0.05) is 30.2 Å². The Balaban J connectivity index is 1.69. The first-order valence-corrected chi connectivity index (χ1v) is 11.3. The lowest BCUT2D eigenvalue weighted by molar-refractivity contribution is 0.639. The average molecular weight is 434 g/mol. The summed E-state index contributed by atoms with van der Waals surface area (Å²) >= 11 is 0. The standard InChI is InChI=1S/C28H27N5/c1-19-20(2)33(21(3)23-12-6-4-7-13-23)28-25(19)27(30-18-22-11-10-16-29-17-22)31-26(32-28)24-14-8-5-9-15-24/h4-17,21H,18H2,1-3H3,(H,30,31,32)/t21-/m0/s1. The summed E-state index contributed by atoms with van der Waals surface area (Å²) in [4.78, 5) is 14.3. The summed E-state index contributed by atoms with van der Waals surface area (Å²) in [7, 11) is 0. The van der Waals surface area contributed by atoms with Gasteiger partial charge in [-0.3, -0.25) is 4.98 Å². The zero-order valence-corrected chi connectivity index (χ0v) is 19.2. The van der Waals surface area contributed by atoms with E-state index in [0.29, 0.717) is 6.54 Å². The van der Waals surface area contributed by atoms with E-state index < -0.39 is 0 Å². The Morgan fingerprint density at radius 1 is 0.879 bits per heavy atom. The fourth-order valence-corrected chi connectivity index (χ4v) is 4.38. The van der Waals surface area contributed by atoms with Crippen molar-refractivity contribution in [3.8, 4) is 11.4 Å². The van der Waals surface area contributed by atoms with Crippen LogP contribution in [0.3, 0.4) is 0 Å². The molecule has 164 valence electrons. The number of anilines is 1. The van der Waals surface area contributed by atoms with E-state index in [1.807, 2.05) is 30.5 Å². The van der Waals surface area contributed by atoms with Crippen LogP contribution in [0.25, 0.3) is 22.4 Å². The van der Waals surface area contributed by atoms with E-state index in [-0.39, 0.29) is 6.04 Å². The Labute approximate surface area is 194 Å². The van der Waals surface area contributed by atoms with Crippen LogP contribution in [-0.2, 0) is 6.54 Å². The van der Waals surface area contributed by atoms with Gasteiger partial charge in [0.1, 0.15) is 11.5 Å². The van der Waals surface area contributed by atoms with Gasteiger partial charge in [-0.1, -0.05) is 66.7 Å². The SMILES string of the molecule is Cc1c(C)n([C@@H](C)c2ccccc2)c2nc(-c3ccccc3)nc(NCc3cccnc3)c12. The van der Waals surface area contributed by atoms with E-state index in [2.05, 4.69) is 84.2 Å². The third-order valence-corrected chi connectivity index (χ3v) is 6.28. The number of hydrogen-bond donors (Lipinski definition) is 1. The van der Waals surface area contributed by atoms with Crippen LogP contribution in [0.5, 0.6) is 0 Å². The summed E-state index contributed by atoms with van der Waals surface area (Å²) < 4.78 is 2.34. The lowest BCUT2D eigenvalue weighted by atomic mass is 10.1. The number of nitrogens with one attached hydrogen (secondary N) is 1. The molecule has 5 rings (SSSR count). The highest BCUT2D eigenvalue weighted by molar-refractivity contribution is 5.93. The van der Waals surface area contributed by atoms with Crippen molar-refractivity contribution in [3.05, 3.63) is 108 Å². The van der Waals surface area contributed by atoms with Crippen molar-refractivity contribution >= 4 is 16.9 Å². The summed E-state index contributed by atoms with van der Waals surface area (Å²) in [5, 5.41) is 4.64. The second-order valence-electron chi connectivity index (χ2n) is 8.34. The van der Waals surface area contributed by atoms with Crippen molar-refractivity contribution in [1.29, 1.82) is 0 Å². The smallest absolute Gasteiger partial charge is 0.163 e. The highest BCUT2D eigenvalue weighted by Crippen LogP contribution is 2.35. The van der Waals surface area contributed by atoms with Gasteiger partial charge in [-0.2, -0.15) is 0 Å². The van der Waals surface area contributed by atoms with Crippen LogP contribution < -0.4 is 5.32 Å². The molecular weight excluding hydrogens is 406 g/mol. The Bertz CT molecular complexity index is 1380. The minimum absolute atomic E-state index is 0.145. The first-order chi connectivity index (χ1) is 16.1. The van der Waals surface area contributed by atoms with Crippen molar-refractivity contribution in [2.45, 2.75) is 33.4 Å². The maximum atomic E-state index is 5.09. The molecule has 3 aromatic heterocycles. The van der Waals surface area contributed by atoms with Crippen LogP contribution in [0, 0.1) is 13.8 Å². The highest BCUT2D eigenvalue weighted by atomic mass is 15.1. The predicted molar refractivity (Wildman–Crippen MR) is 134 cm³/mol. The van der Waals surface area contributed by atoms with Gasteiger partial charge in [-0.25, -0.2) is 9.97 Å². The number of aromatic nitrogens is 4. The molecule has 0 spiro atoms. The monoisotopic (exact) mass is 433 g/mol. The fourth-order valence-electron chi connectivity index (χ4n) is 4.38. The first-order valence-electron chi connectivity index (χ1n) is 11.3. The minimum Gasteiger partial charge on any atom is -0.365 e. The van der Waals surface area contributed by atoms with Gasteiger partial charge in [-0.15, -0.1) is 0 Å². The summed E-state index contributed by atoms with van der Waals surface area (Å²) in [5.41, 5.74) is 6.70. The maximum Gasteiger partial charge on any atom is 0.163 e. The largest absolute Gasteiger partial charge is 0.365 e. The molecule has 5 aromatic rings. The van der Waals surface area contributed by atoms with Crippen LogP contribution in [-0.4, -0.2) is 19.5 Å². The van der Waals surface area contributed by atoms with E-state index >= 15 is 0 Å². The van der Waals surface area contributed by atoms with Crippen molar-refractivity contribution in [1.82, 2.24) is 19.5 Å². The molecule has 3 heterocycles. The summed E-state index contributed by atoms with van der Waals surface area (Å²) in [6.45, 7) is 7.20. The Morgan fingerprint density at radius 2 is 1.61 bits per heavy atom. The molecule has 0 aliphatic carbocycles. The molecule has 0 unspecified atom stereocenters. The van der Waals surface area contributed by atoms with Gasteiger partial charge in [0.15, 0.2) is 5.82 Å². The fraction of sp³-hybridized carbons (Fsp3) is 0.179. The van der Waals surface area contributed by atoms with Crippen LogP contribution in [0.1, 0.15) is 35.3 Å². The van der Waals surface area contributed by atoms with Crippen molar-refractivity contribution in [3.63, 3.8) is 0 Å². The third-order valence-electron chi connectivity index (χ3n) is 6.28. The molecule has 0 aliphatic rings. The van der Waals surface area contributed by atoms with Crippen molar-refractivity contribution in [2.24, 2.45) is 0 Å². The average Bonchev–Trinajstić information content (AvgIpc) is 3.13. The molecule has 0 fully saturated rings. The van der Waals surface area contributed by atoms with E-state index in [9.17, 15) is 0 Å². The number of hydrogen-bond acceptors (Lipinski definition) is 4.